The van der Waals surface area contributed by atoms with Crippen molar-refractivity contribution < 1.29 is 9.47 Å². The second-order valence-corrected chi connectivity index (χ2v) is 4.02. The fraction of sp³-hybridized carbons (Fsp3) is 0.286. The van der Waals surface area contributed by atoms with Crippen molar-refractivity contribution >= 4 is 0 Å². The second kappa shape index (κ2) is 6.70. The third-order valence-corrected chi connectivity index (χ3v) is 2.67. The molecule has 0 aliphatic rings. The number of aromatic nitrogens is 2. The zero-order valence-electron chi connectivity index (χ0n) is 11.1. The Bertz CT molecular complexity index is 450. The van der Waals surface area contributed by atoms with Gasteiger partial charge in [0, 0.05) is 37.6 Å². The Morgan fingerprint density at radius 2 is 1.32 bits per heavy atom. The van der Waals surface area contributed by atoms with Gasteiger partial charge in [0.15, 0.2) is 0 Å². The topological polar surface area (TPSA) is 56.3 Å². The molecule has 0 atom stereocenters. The monoisotopic (exact) mass is 259 g/mol. The zero-order valence-corrected chi connectivity index (χ0v) is 11.1. The minimum Gasteiger partial charge on any atom is -0.481 e. The molecule has 0 spiro atoms. The van der Waals surface area contributed by atoms with E-state index in [9.17, 15) is 0 Å². The Labute approximate surface area is 112 Å². The number of hydrogen-bond donors (Lipinski definition) is 1. The van der Waals surface area contributed by atoms with Gasteiger partial charge < -0.3 is 14.8 Å². The Morgan fingerprint density at radius 1 is 0.842 bits per heavy atom. The van der Waals surface area contributed by atoms with E-state index in [1.807, 2.05) is 24.3 Å². The molecule has 0 aliphatic heterocycles. The molecule has 0 saturated heterocycles. The predicted octanol–water partition coefficient (Wildman–Crippen LogP) is 1.78. The Kier molecular flexibility index (Phi) is 4.69. The van der Waals surface area contributed by atoms with Gasteiger partial charge in [-0.2, -0.15) is 0 Å². The van der Waals surface area contributed by atoms with Crippen LogP contribution in [0.25, 0.3) is 0 Å². The maximum Gasteiger partial charge on any atom is 0.212 e. The third-order valence-electron chi connectivity index (χ3n) is 2.67. The molecule has 0 aliphatic carbocycles. The zero-order chi connectivity index (χ0) is 13.5. The van der Waals surface area contributed by atoms with Gasteiger partial charge >= 0.3 is 0 Å². The summed E-state index contributed by atoms with van der Waals surface area (Å²) in [4.78, 5) is 8.31. The number of nitrogens with one attached hydrogen (secondary N) is 1. The highest BCUT2D eigenvalue weighted by Crippen LogP contribution is 2.08. The van der Waals surface area contributed by atoms with Gasteiger partial charge in [-0.15, -0.1) is 0 Å². The molecule has 0 amide bonds. The van der Waals surface area contributed by atoms with Gasteiger partial charge in [-0.05, 0) is 11.1 Å². The molecular weight excluding hydrogens is 242 g/mol. The number of nitrogens with zero attached hydrogens (tertiary/aromatic N) is 2. The van der Waals surface area contributed by atoms with Gasteiger partial charge in [-0.1, -0.05) is 12.1 Å². The molecule has 2 aromatic rings. The summed E-state index contributed by atoms with van der Waals surface area (Å²) in [7, 11) is 3.22. The van der Waals surface area contributed by atoms with Gasteiger partial charge in [-0.25, -0.2) is 9.97 Å². The summed E-state index contributed by atoms with van der Waals surface area (Å²) >= 11 is 0. The molecule has 2 heterocycles. The van der Waals surface area contributed by atoms with E-state index in [0.717, 1.165) is 24.2 Å². The van der Waals surface area contributed by atoms with Gasteiger partial charge in [0.05, 0.1) is 14.2 Å². The van der Waals surface area contributed by atoms with E-state index in [2.05, 4.69) is 15.3 Å². The largest absolute Gasteiger partial charge is 0.481 e. The van der Waals surface area contributed by atoms with Crippen LogP contribution in [0.1, 0.15) is 11.1 Å². The normalized spacial score (nSPS) is 10.2. The van der Waals surface area contributed by atoms with E-state index in [4.69, 9.17) is 9.47 Å². The molecule has 19 heavy (non-hydrogen) atoms. The molecule has 2 aromatic heterocycles. The van der Waals surface area contributed by atoms with Crippen LogP contribution in [0.2, 0.25) is 0 Å². The average molecular weight is 259 g/mol. The van der Waals surface area contributed by atoms with E-state index in [1.165, 1.54) is 0 Å². The Balaban J connectivity index is 1.81. The lowest BCUT2D eigenvalue weighted by Gasteiger charge is -2.06. The molecule has 5 heteroatoms. The van der Waals surface area contributed by atoms with Crippen LogP contribution in [0.4, 0.5) is 0 Å². The lowest BCUT2D eigenvalue weighted by Crippen LogP contribution is -2.13. The molecular formula is C14H17N3O2. The number of ether oxygens (including phenoxy) is 2. The molecule has 2 rings (SSSR count). The molecule has 0 fully saturated rings. The van der Waals surface area contributed by atoms with Crippen molar-refractivity contribution in [2.75, 3.05) is 14.2 Å². The van der Waals surface area contributed by atoms with Crippen molar-refractivity contribution in [1.82, 2.24) is 15.3 Å². The number of rotatable bonds is 6. The SMILES string of the molecule is COc1ccc(CNCc2ccc(OC)nc2)cn1. The Hall–Kier alpha value is -2.14. The van der Waals surface area contributed by atoms with Crippen LogP contribution in [0.15, 0.2) is 36.7 Å². The van der Waals surface area contributed by atoms with Gasteiger partial charge in [0.1, 0.15) is 0 Å². The van der Waals surface area contributed by atoms with Crippen molar-refractivity contribution in [3.05, 3.63) is 47.8 Å². The fourth-order valence-electron chi connectivity index (χ4n) is 1.62. The number of hydrogen-bond acceptors (Lipinski definition) is 5. The summed E-state index contributed by atoms with van der Waals surface area (Å²) in [6.07, 6.45) is 3.61. The summed E-state index contributed by atoms with van der Waals surface area (Å²) in [5, 5.41) is 3.33. The minimum absolute atomic E-state index is 0.628. The quantitative estimate of drug-likeness (QED) is 0.857. The highest BCUT2D eigenvalue weighted by molar-refractivity contribution is 5.19. The van der Waals surface area contributed by atoms with Crippen molar-refractivity contribution in [3.8, 4) is 11.8 Å². The number of pyridine rings is 2. The van der Waals surface area contributed by atoms with Crippen LogP contribution in [0.5, 0.6) is 11.8 Å². The van der Waals surface area contributed by atoms with Crippen LogP contribution in [0.3, 0.4) is 0 Å². The van der Waals surface area contributed by atoms with E-state index in [-0.39, 0.29) is 0 Å². The van der Waals surface area contributed by atoms with E-state index < -0.39 is 0 Å². The van der Waals surface area contributed by atoms with E-state index in [1.54, 1.807) is 26.6 Å². The standard InChI is InChI=1S/C14H17N3O2/c1-18-13-5-3-11(9-16-13)7-15-8-12-4-6-14(19-2)17-10-12/h3-6,9-10,15H,7-8H2,1-2H3. The highest BCUT2D eigenvalue weighted by atomic mass is 16.5. The van der Waals surface area contributed by atoms with E-state index >= 15 is 0 Å². The molecule has 100 valence electrons. The van der Waals surface area contributed by atoms with E-state index in [0.29, 0.717) is 11.8 Å². The minimum atomic E-state index is 0.628. The van der Waals surface area contributed by atoms with Crippen LogP contribution in [-0.2, 0) is 13.1 Å². The first-order valence-electron chi connectivity index (χ1n) is 6.00. The molecule has 5 nitrogen and oxygen atoms in total. The molecule has 0 radical (unpaired) electrons. The van der Waals surface area contributed by atoms with Crippen molar-refractivity contribution in [2.24, 2.45) is 0 Å². The first-order chi connectivity index (χ1) is 9.31. The van der Waals surface area contributed by atoms with Crippen LogP contribution >= 0.6 is 0 Å². The maximum atomic E-state index is 5.01. The van der Waals surface area contributed by atoms with Crippen LogP contribution in [0, 0.1) is 0 Å². The average Bonchev–Trinajstić information content (AvgIpc) is 2.49. The Morgan fingerprint density at radius 3 is 1.63 bits per heavy atom. The first kappa shape index (κ1) is 13.3. The van der Waals surface area contributed by atoms with Crippen LogP contribution < -0.4 is 14.8 Å². The summed E-state index contributed by atoms with van der Waals surface area (Å²) in [6, 6.07) is 7.69. The molecule has 0 saturated carbocycles. The molecule has 1 N–H and O–H groups in total. The summed E-state index contributed by atoms with van der Waals surface area (Å²) in [5.41, 5.74) is 2.23. The van der Waals surface area contributed by atoms with Crippen molar-refractivity contribution in [1.29, 1.82) is 0 Å². The smallest absolute Gasteiger partial charge is 0.212 e. The van der Waals surface area contributed by atoms with Gasteiger partial charge in [0.2, 0.25) is 11.8 Å². The predicted molar refractivity (Wildman–Crippen MR) is 72.1 cm³/mol. The second-order valence-electron chi connectivity index (χ2n) is 4.02. The molecule has 0 bridgehead atoms. The molecule has 0 unspecified atom stereocenters. The summed E-state index contributed by atoms with van der Waals surface area (Å²) in [5.74, 6) is 1.26. The highest BCUT2D eigenvalue weighted by Gasteiger charge is 1.98. The third kappa shape index (κ3) is 3.93. The number of methoxy groups -OCH3 is 2. The first-order valence-corrected chi connectivity index (χ1v) is 6.00. The maximum absolute atomic E-state index is 5.01. The van der Waals surface area contributed by atoms with Gasteiger partial charge in [0.25, 0.3) is 0 Å². The lowest BCUT2D eigenvalue weighted by atomic mass is 10.2. The molecule has 0 aromatic carbocycles. The summed E-state index contributed by atoms with van der Waals surface area (Å²) < 4.78 is 10.0. The summed E-state index contributed by atoms with van der Waals surface area (Å²) in [6.45, 7) is 1.51. The lowest BCUT2D eigenvalue weighted by molar-refractivity contribution is 0.397. The fourth-order valence-corrected chi connectivity index (χ4v) is 1.62. The van der Waals surface area contributed by atoms with Crippen molar-refractivity contribution in [2.45, 2.75) is 13.1 Å². The van der Waals surface area contributed by atoms with Gasteiger partial charge in [-0.3, -0.25) is 0 Å². The van der Waals surface area contributed by atoms with Crippen molar-refractivity contribution in [3.63, 3.8) is 0 Å². The van der Waals surface area contributed by atoms with Crippen LogP contribution in [-0.4, -0.2) is 24.2 Å².